The van der Waals surface area contributed by atoms with Crippen molar-refractivity contribution in [3.8, 4) is 0 Å². The molecule has 1 aromatic heterocycles. The summed E-state index contributed by atoms with van der Waals surface area (Å²) >= 11 is 1.53. The number of hydrogen-bond acceptors (Lipinski definition) is 3. The molecule has 0 radical (unpaired) electrons. The number of hydrogen-bond donors (Lipinski definition) is 1. The summed E-state index contributed by atoms with van der Waals surface area (Å²) in [5.74, 6) is 0. The van der Waals surface area contributed by atoms with Crippen LogP contribution in [0.5, 0.6) is 0 Å². The summed E-state index contributed by atoms with van der Waals surface area (Å²) in [5, 5.41) is 24.3. The molecular formula is C12H15N2O2S+. The minimum atomic E-state index is -0.101. The Kier molecular flexibility index (Phi) is 2.63. The Labute approximate surface area is 104 Å². The molecule has 0 unspecified atom stereocenters. The highest BCUT2D eigenvalue weighted by Gasteiger charge is 2.45. The highest BCUT2D eigenvalue weighted by molar-refractivity contribution is 7.12. The van der Waals surface area contributed by atoms with Crippen LogP contribution in [0, 0.1) is 5.21 Å². The molecule has 1 aliphatic carbocycles. The van der Waals surface area contributed by atoms with E-state index in [1.54, 1.807) is 6.21 Å². The lowest BCUT2D eigenvalue weighted by Gasteiger charge is -2.27. The van der Waals surface area contributed by atoms with Crippen LogP contribution in [0.2, 0.25) is 0 Å². The molecule has 1 aromatic rings. The smallest absolute Gasteiger partial charge is 0.297 e. The SMILES string of the molecule is [O-][N+]1=C(c2cccs2)C=[N+](O)[C@H]2CCCC[C@@H]21. The molecule has 0 saturated heterocycles. The van der Waals surface area contributed by atoms with Crippen LogP contribution in [0.3, 0.4) is 0 Å². The summed E-state index contributed by atoms with van der Waals surface area (Å²) in [7, 11) is 0. The third-order valence-electron chi connectivity index (χ3n) is 3.60. The standard InChI is InChI=1S/C12H15N2O2S/c15-13-8-11(12-6-3-7-17-12)14(16)10-5-2-1-4-9(10)13/h3,6-10,15H,1-2,4-5H2/q+1/t9-,10-/m0/s1. The van der Waals surface area contributed by atoms with Crippen LogP contribution < -0.4 is 0 Å². The molecule has 3 rings (SSSR count). The van der Waals surface area contributed by atoms with E-state index in [1.165, 1.54) is 16.1 Å². The third-order valence-corrected chi connectivity index (χ3v) is 4.49. The van der Waals surface area contributed by atoms with E-state index in [9.17, 15) is 10.4 Å². The van der Waals surface area contributed by atoms with Crippen LogP contribution in [0.25, 0.3) is 0 Å². The molecule has 90 valence electrons. The molecule has 2 aliphatic rings. The highest BCUT2D eigenvalue weighted by Crippen LogP contribution is 2.25. The number of thiophene rings is 1. The fourth-order valence-corrected chi connectivity index (χ4v) is 3.45. The lowest BCUT2D eigenvalue weighted by molar-refractivity contribution is -0.819. The molecule has 0 amide bonds. The van der Waals surface area contributed by atoms with E-state index < -0.39 is 0 Å². The second kappa shape index (κ2) is 4.14. The van der Waals surface area contributed by atoms with Crippen molar-refractivity contribution in [3.05, 3.63) is 27.6 Å². The molecule has 2 atom stereocenters. The van der Waals surface area contributed by atoms with Crippen LogP contribution >= 0.6 is 11.3 Å². The van der Waals surface area contributed by atoms with Crippen LogP contribution in [-0.2, 0) is 0 Å². The van der Waals surface area contributed by atoms with Gasteiger partial charge in [0.2, 0.25) is 6.04 Å². The predicted octanol–water partition coefficient (Wildman–Crippen LogP) is 1.84. The Morgan fingerprint density at radius 1 is 1.29 bits per heavy atom. The van der Waals surface area contributed by atoms with Crippen LogP contribution in [0.4, 0.5) is 0 Å². The second-order valence-electron chi connectivity index (χ2n) is 4.62. The Bertz CT molecular complexity index is 479. The lowest BCUT2D eigenvalue weighted by atomic mass is 9.89. The van der Waals surface area contributed by atoms with E-state index in [2.05, 4.69) is 0 Å². The monoisotopic (exact) mass is 251 g/mol. The molecule has 4 nitrogen and oxygen atoms in total. The number of hydroxylamine groups is 2. The molecule has 2 heterocycles. The average Bonchev–Trinajstić information content (AvgIpc) is 2.87. The van der Waals surface area contributed by atoms with Gasteiger partial charge in [-0.15, -0.1) is 11.3 Å². The van der Waals surface area contributed by atoms with Crippen molar-refractivity contribution in [3.63, 3.8) is 0 Å². The molecule has 0 bridgehead atoms. The summed E-state index contributed by atoms with van der Waals surface area (Å²) in [4.78, 5) is 0.920. The van der Waals surface area contributed by atoms with E-state index in [4.69, 9.17) is 0 Å². The summed E-state index contributed by atoms with van der Waals surface area (Å²) in [5.41, 5.74) is 0.589. The van der Waals surface area contributed by atoms with Crippen LogP contribution in [0.15, 0.2) is 17.5 Å². The van der Waals surface area contributed by atoms with E-state index in [0.717, 1.165) is 35.3 Å². The first-order valence-electron chi connectivity index (χ1n) is 5.96. The average molecular weight is 251 g/mol. The quantitative estimate of drug-likeness (QED) is 0.470. The van der Waals surface area contributed by atoms with Crippen molar-refractivity contribution in [2.24, 2.45) is 0 Å². The van der Waals surface area contributed by atoms with Crippen molar-refractivity contribution in [1.82, 2.24) is 0 Å². The highest BCUT2D eigenvalue weighted by atomic mass is 32.1. The van der Waals surface area contributed by atoms with Gasteiger partial charge in [0.15, 0.2) is 0 Å². The molecule has 0 aromatic carbocycles. The van der Waals surface area contributed by atoms with Crippen molar-refractivity contribution in [2.75, 3.05) is 0 Å². The van der Waals surface area contributed by atoms with E-state index in [0.29, 0.717) is 5.71 Å². The van der Waals surface area contributed by atoms with Crippen LogP contribution in [0.1, 0.15) is 30.6 Å². The lowest BCUT2D eigenvalue weighted by Crippen LogP contribution is -2.50. The Morgan fingerprint density at radius 2 is 2.06 bits per heavy atom. The molecule has 1 saturated carbocycles. The molecule has 1 fully saturated rings. The van der Waals surface area contributed by atoms with Gasteiger partial charge in [-0.1, -0.05) is 6.07 Å². The first kappa shape index (κ1) is 10.8. The summed E-state index contributed by atoms with van der Waals surface area (Å²) in [6.45, 7) is 0. The zero-order valence-corrected chi connectivity index (χ0v) is 10.3. The van der Waals surface area contributed by atoms with Crippen molar-refractivity contribution >= 4 is 23.3 Å². The van der Waals surface area contributed by atoms with Gasteiger partial charge in [-0.2, -0.15) is 4.74 Å². The van der Waals surface area contributed by atoms with Gasteiger partial charge in [-0.05, 0) is 29.0 Å². The summed E-state index contributed by atoms with van der Waals surface area (Å²) in [6.07, 6.45) is 5.51. The van der Waals surface area contributed by atoms with E-state index >= 15 is 0 Å². The fraction of sp³-hybridized carbons (Fsp3) is 0.500. The second-order valence-corrected chi connectivity index (χ2v) is 5.56. The third kappa shape index (κ3) is 1.74. The molecular weight excluding hydrogens is 236 g/mol. The predicted molar refractivity (Wildman–Crippen MR) is 66.2 cm³/mol. The summed E-state index contributed by atoms with van der Waals surface area (Å²) < 4.78 is 2.34. The van der Waals surface area contributed by atoms with E-state index in [1.807, 2.05) is 17.5 Å². The zero-order chi connectivity index (χ0) is 11.8. The van der Waals surface area contributed by atoms with Gasteiger partial charge in [0.1, 0.15) is 4.88 Å². The summed E-state index contributed by atoms with van der Waals surface area (Å²) in [6, 6.07) is 3.70. The van der Waals surface area contributed by atoms with Gasteiger partial charge in [-0.25, -0.2) is 0 Å². The number of nitrogens with zero attached hydrogens (tertiary/aromatic N) is 2. The fourth-order valence-electron chi connectivity index (χ4n) is 2.73. The topological polar surface area (TPSA) is 49.3 Å². The minimum absolute atomic E-state index is 0.0371. The van der Waals surface area contributed by atoms with Gasteiger partial charge in [0.05, 0.1) is 0 Å². The zero-order valence-electron chi connectivity index (χ0n) is 9.45. The largest absolute Gasteiger partial charge is 0.623 e. The maximum absolute atomic E-state index is 12.3. The molecule has 0 spiro atoms. The Balaban J connectivity index is 2.03. The van der Waals surface area contributed by atoms with Gasteiger partial charge in [0.25, 0.3) is 18.0 Å². The van der Waals surface area contributed by atoms with Crippen molar-refractivity contribution in [2.45, 2.75) is 37.8 Å². The Morgan fingerprint density at radius 3 is 2.76 bits per heavy atom. The van der Waals surface area contributed by atoms with E-state index in [-0.39, 0.29) is 12.1 Å². The maximum atomic E-state index is 12.3. The molecule has 5 heteroatoms. The van der Waals surface area contributed by atoms with Gasteiger partial charge < -0.3 is 5.21 Å². The Hall–Kier alpha value is -1.36. The van der Waals surface area contributed by atoms with Gasteiger partial charge in [0, 0.05) is 12.8 Å². The minimum Gasteiger partial charge on any atom is -0.623 e. The first-order valence-corrected chi connectivity index (χ1v) is 6.84. The van der Waals surface area contributed by atoms with Gasteiger partial charge >= 0.3 is 0 Å². The maximum Gasteiger partial charge on any atom is 0.297 e. The first-order chi connectivity index (χ1) is 8.27. The van der Waals surface area contributed by atoms with Crippen molar-refractivity contribution in [1.29, 1.82) is 0 Å². The molecule has 1 aliphatic heterocycles. The van der Waals surface area contributed by atoms with Crippen LogP contribution in [-0.4, -0.2) is 38.7 Å². The van der Waals surface area contributed by atoms with Gasteiger partial charge in [-0.3, -0.25) is 5.21 Å². The van der Waals surface area contributed by atoms with Crippen molar-refractivity contribution < 1.29 is 14.7 Å². The number of rotatable bonds is 1. The normalized spacial score (nSPS) is 28.8. The molecule has 17 heavy (non-hydrogen) atoms. The molecule has 1 N–H and O–H groups in total. The number of fused-ring (bicyclic) bond motifs is 1.